The lowest BCUT2D eigenvalue weighted by atomic mass is 10.1. The number of aliphatic hydroxyl groups excluding tert-OH is 1. The summed E-state index contributed by atoms with van der Waals surface area (Å²) >= 11 is 1.34. The number of amides is 1. The standard InChI is InChI=1S/C12H15F2NO2S/c1-7(18-2)12(17)15-6-10(16)11-8(13)4-3-5-9(11)14/h3-5,7,10,16H,6H2,1-2H3,(H,15,17). The lowest BCUT2D eigenvalue weighted by molar-refractivity contribution is -0.120. The van der Waals surface area contributed by atoms with Gasteiger partial charge in [-0.25, -0.2) is 8.78 Å². The van der Waals surface area contributed by atoms with Crippen LogP contribution in [0.25, 0.3) is 0 Å². The minimum Gasteiger partial charge on any atom is -0.386 e. The highest BCUT2D eigenvalue weighted by Gasteiger charge is 2.19. The van der Waals surface area contributed by atoms with Gasteiger partial charge in [0.05, 0.1) is 10.8 Å². The second kappa shape index (κ2) is 6.70. The normalized spacial score (nSPS) is 14.1. The molecule has 1 amide bonds. The number of halogens is 2. The van der Waals surface area contributed by atoms with Crippen molar-refractivity contribution in [2.45, 2.75) is 18.3 Å². The van der Waals surface area contributed by atoms with E-state index in [0.717, 1.165) is 12.1 Å². The number of carbonyl (C=O) groups is 1. The summed E-state index contributed by atoms with van der Waals surface area (Å²) in [5.74, 6) is -1.93. The maximum absolute atomic E-state index is 13.3. The zero-order valence-electron chi connectivity index (χ0n) is 10.1. The Balaban J connectivity index is 2.66. The number of carbonyl (C=O) groups excluding carboxylic acids is 1. The molecule has 2 atom stereocenters. The molecule has 1 aromatic rings. The third kappa shape index (κ3) is 3.68. The molecular weight excluding hydrogens is 260 g/mol. The Labute approximate surface area is 109 Å². The van der Waals surface area contributed by atoms with Gasteiger partial charge in [0.2, 0.25) is 5.91 Å². The van der Waals surface area contributed by atoms with Crippen LogP contribution >= 0.6 is 11.8 Å². The number of nitrogens with one attached hydrogen (secondary N) is 1. The van der Waals surface area contributed by atoms with Gasteiger partial charge in [0.1, 0.15) is 17.7 Å². The fraction of sp³-hybridized carbons (Fsp3) is 0.417. The number of hydrogen-bond donors (Lipinski definition) is 2. The maximum Gasteiger partial charge on any atom is 0.232 e. The summed E-state index contributed by atoms with van der Waals surface area (Å²) < 4.78 is 26.7. The average molecular weight is 275 g/mol. The number of benzene rings is 1. The van der Waals surface area contributed by atoms with Crippen molar-refractivity contribution >= 4 is 17.7 Å². The van der Waals surface area contributed by atoms with Gasteiger partial charge in [-0.15, -0.1) is 0 Å². The monoisotopic (exact) mass is 275 g/mol. The third-order valence-corrected chi connectivity index (χ3v) is 3.45. The van der Waals surface area contributed by atoms with Crippen LogP contribution in [0.15, 0.2) is 18.2 Å². The van der Waals surface area contributed by atoms with Gasteiger partial charge < -0.3 is 10.4 Å². The van der Waals surface area contributed by atoms with Crippen LogP contribution in [-0.2, 0) is 4.79 Å². The topological polar surface area (TPSA) is 49.3 Å². The Morgan fingerprint density at radius 1 is 1.44 bits per heavy atom. The van der Waals surface area contributed by atoms with Crippen molar-refractivity contribution in [3.63, 3.8) is 0 Å². The smallest absolute Gasteiger partial charge is 0.232 e. The second-order valence-electron chi connectivity index (χ2n) is 3.77. The molecule has 2 N–H and O–H groups in total. The summed E-state index contributed by atoms with van der Waals surface area (Å²) in [7, 11) is 0. The molecule has 6 heteroatoms. The van der Waals surface area contributed by atoms with Gasteiger partial charge in [-0.1, -0.05) is 6.07 Å². The Bertz CT molecular complexity index is 408. The summed E-state index contributed by atoms with van der Waals surface area (Å²) in [6.45, 7) is 1.48. The number of thioether (sulfide) groups is 1. The van der Waals surface area contributed by atoms with E-state index in [-0.39, 0.29) is 17.7 Å². The molecular formula is C12H15F2NO2S. The first-order chi connectivity index (χ1) is 8.47. The number of hydrogen-bond acceptors (Lipinski definition) is 3. The minimum absolute atomic E-state index is 0.221. The molecule has 0 heterocycles. The third-order valence-electron chi connectivity index (χ3n) is 2.53. The SMILES string of the molecule is CSC(C)C(=O)NCC(O)c1c(F)cccc1F. The molecule has 0 saturated heterocycles. The van der Waals surface area contributed by atoms with Crippen molar-refractivity contribution in [2.24, 2.45) is 0 Å². The second-order valence-corrected chi connectivity index (χ2v) is 4.95. The van der Waals surface area contributed by atoms with E-state index in [9.17, 15) is 18.7 Å². The van der Waals surface area contributed by atoms with E-state index in [1.54, 1.807) is 13.2 Å². The van der Waals surface area contributed by atoms with Gasteiger partial charge in [-0.2, -0.15) is 11.8 Å². The molecule has 1 aromatic carbocycles. The molecule has 100 valence electrons. The first kappa shape index (κ1) is 14.9. The fourth-order valence-corrected chi connectivity index (χ4v) is 1.68. The zero-order valence-corrected chi connectivity index (χ0v) is 10.9. The largest absolute Gasteiger partial charge is 0.386 e. The summed E-state index contributed by atoms with van der Waals surface area (Å²) in [5.41, 5.74) is -0.422. The molecule has 0 radical (unpaired) electrons. The Morgan fingerprint density at radius 2 is 2.00 bits per heavy atom. The first-order valence-electron chi connectivity index (χ1n) is 5.39. The van der Waals surface area contributed by atoms with Gasteiger partial charge in [-0.05, 0) is 25.3 Å². The highest BCUT2D eigenvalue weighted by Crippen LogP contribution is 2.20. The summed E-state index contributed by atoms with van der Waals surface area (Å²) in [4.78, 5) is 11.4. The lowest BCUT2D eigenvalue weighted by Gasteiger charge is -2.15. The quantitative estimate of drug-likeness (QED) is 0.862. The summed E-state index contributed by atoms with van der Waals surface area (Å²) in [6.07, 6.45) is 0.376. The number of rotatable bonds is 5. The van der Waals surface area contributed by atoms with Crippen LogP contribution in [0.1, 0.15) is 18.6 Å². The predicted molar refractivity (Wildman–Crippen MR) is 67.3 cm³/mol. The Hall–Kier alpha value is -1.14. The molecule has 0 aromatic heterocycles. The molecule has 0 aliphatic heterocycles. The Morgan fingerprint density at radius 3 is 2.50 bits per heavy atom. The van der Waals surface area contributed by atoms with Gasteiger partial charge in [0, 0.05) is 6.54 Å². The summed E-state index contributed by atoms with van der Waals surface area (Å²) in [5, 5.41) is 11.9. The molecule has 1 rings (SSSR count). The molecule has 0 saturated carbocycles. The van der Waals surface area contributed by atoms with Crippen molar-refractivity contribution in [1.29, 1.82) is 0 Å². The van der Waals surface area contributed by atoms with Crippen LogP contribution in [0.4, 0.5) is 8.78 Å². The van der Waals surface area contributed by atoms with Crippen molar-refractivity contribution in [1.82, 2.24) is 5.32 Å². The van der Waals surface area contributed by atoms with Crippen molar-refractivity contribution in [2.75, 3.05) is 12.8 Å². The predicted octanol–water partition coefficient (Wildman–Crippen LogP) is 1.87. The van der Waals surface area contributed by atoms with E-state index in [0.29, 0.717) is 0 Å². The van der Waals surface area contributed by atoms with E-state index >= 15 is 0 Å². The minimum atomic E-state index is -1.40. The van der Waals surface area contributed by atoms with Crippen LogP contribution in [0.3, 0.4) is 0 Å². The van der Waals surface area contributed by atoms with Crippen molar-refractivity contribution in [3.8, 4) is 0 Å². The van der Waals surface area contributed by atoms with E-state index in [1.165, 1.54) is 17.8 Å². The Kier molecular flexibility index (Phi) is 5.55. The van der Waals surface area contributed by atoms with Gasteiger partial charge >= 0.3 is 0 Å². The molecule has 0 fully saturated rings. The molecule has 0 spiro atoms. The highest BCUT2D eigenvalue weighted by atomic mass is 32.2. The van der Waals surface area contributed by atoms with Crippen LogP contribution < -0.4 is 5.32 Å². The van der Waals surface area contributed by atoms with Crippen molar-refractivity contribution < 1.29 is 18.7 Å². The molecule has 2 unspecified atom stereocenters. The molecule has 18 heavy (non-hydrogen) atoms. The van der Waals surface area contributed by atoms with E-state index in [4.69, 9.17) is 0 Å². The van der Waals surface area contributed by atoms with Gasteiger partial charge in [0.25, 0.3) is 0 Å². The molecule has 0 aliphatic carbocycles. The first-order valence-corrected chi connectivity index (χ1v) is 6.68. The van der Waals surface area contributed by atoms with E-state index < -0.39 is 23.3 Å². The fourth-order valence-electron chi connectivity index (χ4n) is 1.38. The van der Waals surface area contributed by atoms with Crippen LogP contribution in [-0.4, -0.2) is 29.1 Å². The average Bonchev–Trinajstić information content (AvgIpc) is 2.34. The molecule has 3 nitrogen and oxygen atoms in total. The number of aliphatic hydroxyl groups is 1. The lowest BCUT2D eigenvalue weighted by Crippen LogP contribution is -2.34. The maximum atomic E-state index is 13.3. The van der Waals surface area contributed by atoms with E-state index in [1.807, 2.05) is 0 Å². The van der Waals surface area contributed by atoms with Gasteiger partial charge in [-0.3, -0.25) is 4.79 Å². The van der Waals surface area contributed by atoms with Crippen LogP contribution in [0, 0.1) is 11.6 Å². The van der Waals surface area contributed by atoms with Crippen LogP contribution in [0.2, 0.25) is 0 Å². The van der Waals surface area contributed by atoms with Gasteiger partial charge in [0.15, 0.2) is 0 Å². The zero-order chi connectivity index (χ0) is 13.7. The van der Waals surface area contributed by atoms with Crippen LogP contribution in [0.5, 0.6) is 0 Å². The molecule has 0 bridgehead atoms. The van der Waals surface area contributed by atoms with E-state index in [2.05, 4.69) is 5.32 Å². The molecule has 0 aliphatic rings. The van der Waals surface area contributed by atoms with Crippen molar-refractivity contribution in [3.05, 3.63) is 35.4 Å². The summed E-state index contributed by atoms with van der Waals surface area (Å²) in [6, 6.07) is 3.34. The highest BCUT2D eigenvalue weighted by molar-refractivity contribution is 7.99.